The number of carbonyl (C=O) groups excluding carboxylic acids is 2. The second kappa shape index (κ2) is 4.35. The summed E-state index contributed by atoms with van der Waals surface area (Å²) in [6.07, 6.45) is 0. The van der Waals surface area contributed by atoms with Crippen LogP contribution in [0.5, 0.6) is 0 Å². The summed E-state index contributed by atoms with van der Waals surface area (Å²) < 4.78 is 0. The summed E-state index contributed by atoms with van der Waals surface area (Å²) in [5, 5.41) is 6.25. The highest BCUT2D eigenvalue weighted by atomic mass is 16.2. The van der Waals surface area contributed by atoms with Gasteiger partial charge < -0.3 is 15.5 Å². The van der Waals surface area contributed by atoms with Crippen LogP contribution in [-0.4, -0.2) is 23.8 Å². The summed E-state index contributed by atoms with van der Waals surface area (Å²) in [5.41, 5.74) is 3.68. The van der Waals surface area contributed by atoms with E-state index in [-0.39, 0.29) is 11.8 Å². The number of rotatable bonds is 0. The van der Waals surface area contributed by atoms with Crippen molar-refractivity contribution >= 4 is 23.2 Å². The Morgan fingerprint density at radius 3 is 2.61 bits per heavy atom. The van der Waals surface area contributed by atoms with Crippen LogP contribution < -0.4 is 10.6 Å². The quantitative estimate of drug-likeness (QED) is 0.786. The molecule has 5 nitrogen and oxygen atoms in total. The Kier molecular flexibility index (Phi) is 2.61. The van der Waals surface area contributed by atoms with E-state index in [1.54, 1.807) is 13.1 Å². The van der Waals surface area contributed by atoms with Gasteiger partial charge >= 0.3 is 0 Å². The van der Waals surface area contributed by atoms with Crippen LogP contribution in [0, 0.1) is 13.8 Å². The number of aryl methyl sites for hydroxylation is 2. The molecule has 0 saturated heterocycles. The average molecular weight is 307 g/mol. The van der Waals surface area contributed by atoms with Crippen molar-refractivity contribution in [3.63, 3.8) is 0 Å². The molecule has 2 aliphatic rings. The number of amides is 2. The zero-order valence-electron chi connectivity index (χ0n) is 13.2. The Morgan fingerprint density at radius 2 is 1.83 bits per heavy atom. The van der Waals surface area contributed by atoms with Crippen LogP contribution in [0.1, 0.15) is 27.0 Å². The predicted octanol–water partition coefficient (Wildman–Crippen LogP) is 2.61. The van der Waals surface area contributed by atoms with Gasteiger partial charge in [0.25, 0.3) is 11.8 Å². The van der Waals surface area contributed by atoms with Gasteiger partial charge in [0, 0.05) is 18.3 Å². The number of hydrogen-bond donors (Lipinski definition) is 2. The highest BCUT2D eigenvalue weighted by molar-refractivity contribution is 6.14. The molecule has 2 aromatic rings. The summed E-state index contributed by atoms with van der Waals surface area (Å²) in [6.45, 7) is 3.95. The van der Waals surface area contributed by atoms with E-state index < -0.39 is 5.66 Å². The first-order chi connectivity index (χ1) is 10.9. The molecule has 2 aromatic carbocycles. The smallest absolute Gasteiger partial charge is 0.276 e. The Balaban J connectivity index is 2.00. The number of nitrogens with one attached hydrogen (secondary N) is 2. The molecule has 0 aliphatic carbocycles. The van der Waals surface area contributed by atoms with E-state index in [9.17, 15) is 9.59 Å². The van der Waals surface area contributed by atoms with Crippen LogP contribution in [0.4, 0.5) is 11.4 Å². The largest absolute Gasteiger partial charge is 0.350 e. The fraction of sp³-hybridized carbons (Fsp3) is 0.222. The van der Waals surface area contributed by atoms with E-state index in [0.717, 1.165) is 22.4 Å². The first-order valence-electron chi connectivity index (χ1n) is 7.53. The summed E-state index contributed by atoms with van der Waals surface area (Å²) >= 11 is 0. The first-order valence-corrected chi connectivity index (χ1v) is 7.53. The number of fused-ring (bicyclic) bond motifs is 3. The standard InChI is InChI=1S/C18H17N3O2/c1-10-8-11(2)15-13(9-10)18(17(23)19-15)20-14-7-5-4-6-12(14)16(22)21(18)3/h4-9,20H,1-3H3,(H,19,23). The van der Waals surface area contributed by atoms with E-state index in [0.29, 0.717) is 11.3 Å². The number of carbonyl (C=O) groups is 2. The van der Waals surface area contributed by atoms with E-state index in [4.69, 9.17) is 0 Å². The van der Waals surface area contributed by atoms with E-state index in [2.05, 4.69) is 10.6 Å². The number of anilines is 2. The zero-order valence-corrected chi connectivity index (χ0v) is 13.2. The molecule has 0 fully saturated rings. The molecule has 1 atom stereocenters. The van der Waals surface area contributed by atoms with Crippen molar-refractivity contribution < 1.29 is 9.59 Å². The minimum absolute atomic E-state index is 0.165. The van der Waals surface area contributed by atoms with Crippen LogP contribution >= 0.6 is 0 Å². The fourth-order valence-electron chi connectivity index (χ4n) is 3.59. The third kappa shape index (κ3) is 1.62. The maximum absolute atomic E-state index is 12.9. The van der Waals surface area contributed by atoms with Gasteiger partial charge in [-0.2, -0.15) is 0 Å². The molecule has 0 bridgehead atoms. The zero-order chi connectivity index (χ0) is 16.4. The molecule has 0 radical (unpaired) electrons. The molecule has 23 heavy (non-hydrogen) atoms. The van der Waals surface area contributed by atoms with Gasteiger partial charge in [0.05, 0.1) is 11.3 Å². The molecule has 0 aromatic heterocycles. The molecule has 2 heterocycles. The highest BCUT2D eigenvalue weighted by Gasteiger charge is 2.55. The predicted molar refractivity (Wildman–Crippen MR) is 88.4 cm³/mol. The monoisotopic (exact) mass is 307 g/mol. The molecule has 4 rings (SSSR count). The molecule has 2 aliphatic heterocycles. The van der Waals surface area contributed by atoms with Gasteiger partial charge in [-0.1, -0.05) is 23.8 Å². The number of para-hydroxylation sites is 1. The molecular weight excluding hydrogens is 290 g/mol. The second-order valence-electron chi connectivity index (χ2n) is 6.20. The topological polar surface area (TPSA) is 61.4 Å². The van der Waals surface area contributed by atoms with E-state index >= 15 is 0 Å². The molecule has 5 heteroatoms. The second-order valence-corrected chi connectivity index (χ2v) is 6.20. The Bertz CT molecular complexity index is 875. The van der Waals surface area contributed by atoms with Crippen molar-refractivity contribution in [2.24, 2.45) is 0 Å². The van der Waals surface area contributed by atoms with Crippen molar-refractivity contribution in [1.82, 2.24) is 4.90 Å². The van der Waals surface area contributed by atoms with Crippen molar-refractivity contribution in [2.45, 2.75) is 19.5 Å². The molecule has 1 spiro atoms. The van der Waals surface area contributed by atoms with Crippen molar-refractivity contribution in [1.29, 1.82) is 0 Å². The third-order valence-electron chi connectivity index (χ3n) is 4.72. The Hall–Kier alpha value is -2.82. The van der Waals surface area contributed by atoms with Crippen molar-refractivity contribution in [3.8, 4) is 0 Å². The Labute approximate surface area is 134 Å². The maximum Gasteiger partial charge on any atom is 0.276 e. The lowest BCUT2D eigenvalue weighted by atomic mass is 9.91. The van der Waals surface area contributed by atoms with E-state index in [1.165, 1.54) is 4.90 Å². The molecule has 0 saturated carbocycles. The third-order valence-corrected chi connectivity index (χ3v) is 4.72. The summed E-state index contributed by atoms with van der Waals surface area (Å²) in [5.74, 6) is -0.395. The molecule has 2 amide bonds. The Morgan fingerprint density at radius 1 is 1.09 bits per heavy atom. The van der Waals surface area contributed by atoms with Crippen LogP contribution in [0.3, 0.4) is 0 Å². The van der Waals surface area contributed by atoms with Crippen molar-refractivity contribution in [2.75, 3.05) is 17.7 Å². The van der Waals surface area contributed by atoms with Crippen LogP contribution in [0.15, 0.2) is 36.4 Å². The van der Waals surface area contributed by atoms with Gasteiger partial charge in [0.1, 0.15) is 0 Å². The maximum atomic E-state index is 12.9. The number of hydrogen-bond acceptors (Lipinski definition) is 3. The average Bonchev–Trinajstić information content (AvgIpc) is 2.79. The van der Waals surface area contributed by atoms with Gasteiger partial charge in [-0.05, 0) is 37.6 Å². The van der Waals surface area contributed by atoms with Gasteiger partial charge in [-0.25, -0.2) is 0 Å². The number of nitrogens with zero attached hydrogens (tertiary/aromatic N) is 1. The van der Waals surface area contributed by atoms with Gasteiger partial charge in [-0.15, -0.1) is 0 Å². The first kappa shape index (κ1) is 13.8. The number of likely N-dealkylation sites (N-methyl/N-ethyl adjacent to an activating group) is 1. The molecular formula is C18H17N3O2. The van der Waals surface area contributed by atoms with Crippen molar-refractivity contribution in [3.05, 3.63) is 58.7 Å². The fourth-order valence-corrected chi connectivity index (χ4v) is 3.59. The van der Waals surface area contributed by atoms with E-state index in [1.807, 2.05) is 44.2 Å². The summed E-state index contributed by atoms with van der Waals surface area (Å²) in [7, 11) is 1.66. The lowest BCUT2D eigenvalue weighted by molar-refractivity contribution is -0.124. The van der Waals surface area contributed by atoms with Gasteiger partial charge in [-0.3, -0.25) is 9.59 Å². The summed E-state index contributed by atoms with van der Waals surface area (Å²) in [4.78, 5) is 27.2. The summed E-state index contributed by atoms with van der Waals surface area (Å²) in [6, 6.07) is 11.3. The minimum Gasteiger partial charge on any atom is -0.350 e. The number of benzene rings is 2. The lowest BCUT2D eigenvalue weighted by Crippen LogP contribution is -2.59. The van der Waals surface area contributed by atoms with Crippen LogP contribution in [0.2, 0.25) is 0 Å². The van der Waals surface area contributed by atoms with Gasteiger partial charge in [0.2, 0.25) is 5.66 Å². The molecule has 116 valence electrons. The molecule has 1 unspecified atom stereocenters. The van der Waals surface area contributed by atoms with Crippen LogP contribution in [-0.2, 0) is 10.5 Å². The highest BCUT2D eigenvalue weighted by Crippen LogP contribution is 2.45. The normalized spacial score (nSPS) is 21.8. The lowest BCUT2D eigenvalue weighted by Gasteiger charge is -2.42. The molecule has 2 N–H and O–H groups in total. The van der Waals surface area contributed by atoms with Gasteiger partial charge in [0.15, 0.2) is 0 Å². The van der Waals surface area contributed by atoms with Crippen LogP contribution in [0.25, 0.3) is 0 Å². The minimum atomic E-state index is -1.20. The SMILES string of the molecule is Cc1cc(C)c2c(c1)C1(Nc3ccccc3C(=O)N1C)C(=O)N2.